The van der Waals surface area contributed by atoms with E-state index in [2.05, 4.69) is 10.4 Å². The monoisotopic (exact) mass is 548 g/mol. The number of amides is 1. The largest absolute Gasteiger partial charge is 0.416 e. The van der Waals surface area contributed by atoms with Crippen molar-refractivity contribution in [2.24, 2.45) is 0 Å². The van der Waals surface area contributed by atoms with Crippen LogP contribution in [-0.4, -0.2) is 41.5 Å². The first-order chi connectivity index (χ1) is 17.5. The lowest BCUT2D eigenvalue weighted by Gasteiger charge is -2.26. The number of hydrogen-bond acceptors (Lipinski definition) is 5. The number of carbonyl (C=O) groups is 1. The van der Waals surface area contributed by atoms with E-state index in [0.29, 0.717) is 39.6 Å². The summed E-state index contributed by atoms with van der Waals surface area (Å²) < 4.78 is 68.5. The lowest BCUT2D eigenvalue weighted by atomic mass is 10.2. The molecule has 3 heterocycles. The average Bonchev–Trinajstić information content (AvgIpc) is 3.45. The van der Waals surface area contributed by atoms with E-state index in [-0.39, 0.29) is 10.6 Å². The van der Waals surface area contributed by atoms with Gasteiger partial charge < -0.3 is 5.32 Å². The summed E-state index contributed by atoms with van der Waals surface area (Å²) in [6.45, 7) is 2.67. The smallest absolute Gasteiger partial charge is 0.321 e. The zero-order valence-electron chi connectivity index (χ0n) is 19.7. The Hall–Kier alpha value is -3.22. The lowest BCUT2D eigenvalue weighted by molar-refractivity contribution is -0.137. The molecule has 1 fully saturated rings. The van der Waals surface area contributed by atoms with Gasteiger partial charge in [-0.1, -0.05) is 18.6 Å². The van der Waals surface area contributed by atoms with Gasteiger partial charge in [-0.05, 0) is 62.2 Å². The van der Waals surface area contributed by atoms with Crippen LogP contribution in [-0.2, 0) is 16.2 Å². The highest BCUT2D eigenvalue weighted by molar-refractivity contribution is 7.89. The maximum absolute atomic E-state index is 13.2. The van der Waals surface area contributed by atoms with Gasteiger partial charge in [0.25, 0.3) is 5.91 Å². The van der Waals surface area contributed by atoms with Crippen molar-refractivity contribution in [1.29, 1.82) is 0 Å². The number of nitrogens with zero attached hydrogens (tertiary/aromatic N) is 3. The SMILES string of the molecule is Cc1nn(-c2cccc(C(F)(F)F)c2)c2sc(C(=O)Nc3cccc(S(=O)(=O)N4CCCCC4)c3)cc12. The number of rotatable bonds is 5. The Kier molecular flexibility index (Phi) is 6.59. The topological polar surface area (TPSA) is 84.3 Å². The molecule has 5 rings (SSSR count). The Bertz CT molecular complexity index is 1590. The normalized spacial score (nSPS) is 15.2. The van der Waals surface area contributed by atoms with Gasteiger partial charge in [0.05, 0.1) is 26.7 Å². The number of anilines is 1. The molecule has 0 unspecified atom stereocenters. The third-order valence-electron chi connectivity index (χ3n) is 6.23. The van der Waals surface area contributed by atoms with Crippen LogP contribution in [0, 0.1) is 6.92 Å². The number of thiophene rings is 1. The Morgan fingerprint density at radius 1 is 1.03 bits per heavy atom. The van der Waals surface area contributed by atoms with Crippen molar-refractivity contribution < 1.29 is 26.4 Å². The highest BCUT2D eigenvalue weighted by atomic mass is 32.2. The van der Waals surface area contributed by atoms with Gasteiger partial charge in [0.1, 0.15) is 4.83 Å². The summed E-state index contributed by atoms with van der Waals surface area (Å²) in [5, 5.41) is 7.76. The fourth-order valence-electron chi connectivity index (χ4n) is 4.33. The van der Waals surface area contributed by atoms with Gasteiger partial charge in [-0.15, -0.1) is 11.3 Å². The Morgan fingerprint density at radius 3 is 2.49 bits per heavy atom. The number of nitrogens with one attached hydrogen (secondary N) is 1. The van der Waals surface area contributed by atoms with E-state index < -0.39 is 27.7 Å². The van der Waals surface area contributed by atoms with Crippen LogP contribution in [0.25, 0.3) is 15.9 Å². The molecule has 0 bridgehead atoms. The van der Waals surface area contributed by atoms with E-state index in [1.54, 1.807) is 25.1 Å². The van der Waals surface area contributed by atoms with Crippen molar-refractivity contribution in [3.05, 3.63) is 70.7 Å². The molecule has 1 aliphatic heterocycles. The third-order valence-corrected chi connectivity index (χ3v) is 9.24. The van der Waals surface area contributed by atoms with Crippen molar-refractivity contribution in [2.45, 2.75) is 37.3 Å². The Balaban J connectivity index is 1.42. The van der Waals surface area contributed by atoms with E-state index in [4.69, 9.17) is 0 Å². The quantitative estimate of drug-likeness (QED) is 0.340. The van der Waals surface area contributed by atoms with Gasteiger partial charge in [-0.2, -0.15) is 22.6 Å². The maximum Gasteiger partial charge on any atom is 0.416 e. The molecular weight excluding hydrogens is 525 g/mol. The van der Waals surface area contributed by atoms with Gasteiger partial charge in [0, 0.05) is 24.2 Å². The Morgan fingerprint density at radius 2 is 1.76 bits per heavy atom. The summed E-state index contributed by atoms with van der Waals surface area (Å²) in [7, 11) is -3.66. The van der Waals surface area contributed by atoms with Crippen molar-refractivity contribution >= 4 is 43.2 Å². The molecule has 0 saturated carbocycles. The number of carbonyl (C=O) groups excluding carboxylic acids is 1. The second kappa shape index (κ2) is 9.58. The second-order valence-corrected chi connectivity index (χ2v) is 11.8. The van der Waals surface area contributed by atoms with Crippen LogP contribution in [0.5, 0.6) is 0 Å². The summed E-state index contributed by atoms with van der Waals surface area (Å²) >= 11 is 1.09. The molecular formula is C25H23F3N4O3S2. The molecule has 0 radical (unpaired) electrons. The number of hydrogen-bond donors (Lipinski definition) is 1. The van der Waals surface area contributed by atoms with Crippen LogP contribution in [0.1, 0.15) is 40.2 Å². The van der Waals surface area contributed by atoms with Crippen LogP contribution >= 0.6 is 11.3 Å². The average molecular weight is 549 g/mol. The van der Waals surface area contributed by atoms with Crippen molar-refractivity contribution in [1.82, 2.24) is 14.1 Å². The highest BCUT2D eigenvalue weighted by Crippen LogP contribution is 2.34. The third kappa shape index (κ3) is 5.00. The van der Waals surface area contributed by atoms with Crippen LogP contribution in [0.3, 0.4) is 0 Å². The van der Waals surface area contributed by atoms with Gasteiger partial charge in [-0.3, -0.25) is 4.79 Å². The van der Waals surface area contributed by atoms with Crippen LogP contribution < -0.4 is 5.32 Å². The van der Waals surface area contributed by atoms with Gasteiger partial charge in [-0.25, -0.2) is 13.1 Å². The summed E-state index contributed by atoms with van der Waals surface area (Å²) in [4.78, 5) is 14.0. The van der Waals surface area contributed by atoms with E-state index in [1.165, 1.54) is 33.3 Å². The molecule has 1 aliphatic rings. The molecule has 2 aromatic carbocycles. The van der Waals surface area contributed by atoms with Crippen LogP contribution in [0.2, 0.25) is 0 Å². The van der Waals surface area contributed by atoms with Gasteiger partial charge >= 0.3 is 6.18 Å². The minimum Gasteiger partial charge on any atom is -0.321 e. The fraction of sp³-hybridized carbons (Fsp3) is 0.280. The highest BCUT2D eigenvalue weighted by Gasteiger charge is 2.31. The number of fused-ring (bicyclic) bond motifs is 1. The predicted octanol–water partition coefficient (Wildman–Crippen LogP) is 5.84. The fourth-order valence-corrected chi connectivity index (χ4v) is 6.97. The minimum atomic E-state index is -4.49. The van der Waals surface area contributed by atoms with Crippen molar-refractivity contribution in [3.63, 3.8) is 0 Å². The first-order valence-corrected chi connectivity index (χ1v) is 13.9. The zero-order valence-corrected chi connectivity index (χ0v) is 21.4. The first-order valence-electron chi connectivity index (χ1n) is 11.6. The molecule has 1 saturated heterocycles. The number of aromatic nitrogens is 2. The summed E-state index contributed by atoms with van der Waals surface area (Å²) in [6.07, 6.45) is -1.85. The van der Waals surface area contributed by atoms with Gasteiger partial charge in [0.15, 0.2) is 0 Å². The lowest BCUT2D eigenvalue weighted by Crippen LogP contribution is -2.35. The second-order valence-electron chi connectivity index (χ2n) is 8.82. The number of halogens is 3. The molecule has 1 amide bonds. The molecule has 7 nitrogen and oxygen atoms in total. The molecule has 1 N–H and O–H groups in total. The predicted molar refractivity (Wildman–Crippen MR) is 136 cm³/mol. The minimum absolute atomic E-state index is 0.111. The molecule has 37 heavy (non-hydrogen) atoms. The van der Waals surface area contributed by atoms with E-state index in [0.717, 1.165) is 42.7 Å². The number of benzene rings is 2. The van der Waals surface area contributed by atoms with Crippen molar-refractivity contribution in [3.8, 4) is 5.69 Å². The zero-order chi connectivity index (χ0) is 26.4. The number of aryl methyl sites for hydroxylation is 1. The van der Waals surface area contributed by atoms with Crippen LogP contribution in [0.4, 0.5) is 18.9 Å². The number of piperidine rings is 1. The Labute approximate surface area is 215 Å². The summed E-state index contributed by atoms with van der Waals surface area (Å²) in [6, 6.07) is 12.6. The first kappa shape index (κ1) is 25.4. The van der Waals surface area contributed by atoms with E-state index in [1.807, 2.05) is 0 Å². The van der Waals surface area contributed by atoms with Crippen molar-refractivity contribution in [2.75, 3.05) is 18.4 Å². The summed E-state index contributed by atoms with van der Waals surface area (Å²) in [5.41, 5.74) is 0.340. The number of sulfonamides is 1. The molecule has 0 spiro atoms. The van der Waals surface area contributed by atoms with Gasteiger partial charge in [0.2, 0.25) is 10.0 Å². The molecule has 194 valence electrons. The number of alkyl halides is 3. The maximum atomic E-state index is 13.2. The molecule has 0 aliphatic carbocycles. The molecule has 0 atom stereocenters. The molecule has 12 heteroatoms. The molecule has 2 aromatic heterocycles. The molecule has 4 aromatic rings. The van der Waals surface area contributed by atoms with E-state index in [9.17, 15) is 26.4 Å². The van der Waals surface area contributed by atoms with Crippen LogP contribution in [0.15, 0.2) is 59.5 Å². The standard InChI is InChI=1S/C25H23F3N4O3S2/c1-16-21-15-22(36-24(21)32(30-16)19-9-5-7-17(13-19)25(26,27)28)23(33)29-18-8-6-10-20(14-18)37(34,35)31-11-3-2-4-12-31/h5-10,13-15H,2-4,11-12H2,1H3,(H,29,33). The summed E-state index contributed by atoms with van der Waals surface area (Å²) in [5.74, 6) is -0.455. The van der Waals surface area contributed by atoms with E-state index >= 15 is 0 Å².